The zero-order valence-electron chi connectivity index (χ0n) is 14.7. The van der Waals surface area contributed by atoms with Gasteiger partial charge in [0.2, 0.25) is 0 Å². The van der Waals surface area contributed by atoms with Crippen molar-refractivity contribution < 1.29 is 19.1 Å². The van der Waals surface area contributed by atoms with Gasteiger partial charge in [0.25, 0.3) is 5.91 Å². The van der Waals surface area contributed by atoms with Crippen molar-refractivity contribution in [1.29, 1.82) is 0 Å². The standard InChI is InChI=1S/C19H17ClN2O4S/c1-3-21-19-22(4-2)17(23)16(27-19)10-12-6-8-15(26-12)13-7-5-11(20)9-14(13)18(24)25/h5-10H,3-4H2,1-2H3,(H,24,25)/b16-10+,21-19?. The Bertz CT molecular complexity index is 964. The number of likely N-dealkylation sites (N-methyl/N-ethyl adjacent to an activating group) is 1. The Balaban J connectivity index is 1.94. The quantitative estimate of drug-likeness (QED) is 0.735. The molecule has 140 valence electrons. The first-order chi connectivity index (χ1) is 12.9. The van der Waals surface area contributed by atoms with E-state index in [1.807, 2.05) is 13.8 Å². The van der Waals surface area contributed by atoms with Crippen LogP contribution < -0.4 is 0 Å². The molecule has 1 aliphatic rings. The number of carboxylic acids is 1. The Hall–Kier alpha value is -2.51. The molecule has 1 aromatic heterocycles. The molecule has 1 aliphatic heterocycles. The summed E-state index contributed by atoms with van der Waals surface area (Å²) in [5, 5.41) is 10.4. The molecule has 2 aromatic rings. The summed E-state index contributed by atoms with van der Waals surface area (Å²) in [5.74, 6) is -0.364. The lowest BCUT2D eigenvalue weighted by atomic mass is 10.1. The second-order valence-electron chi connectivity index (χ2n) is 5.61. The monoisotopic (exact) mass is 404 g/mol. The molecule has 0 unspecified atom stereocenters. The Morgan fingerprint density at radius 1 is 1.33 bits per heavy atom. The molecule has 27 heavy (non-hydrogen) atoms. The van der Waals surface area contributed by atoms with Gasteiger partial charge in [-0.2, -0.15) is 0 Å². The van der Waals surface area contributed by atoms with E-state index < -0.39 is 5.97 Å². The molecule has 0 radical (unpaired) electrons. The van der Waals surface area contributed by atoms with E-state index in [-0.39, 0.29) is 11.5 Å². The van der Waals surface area contributed by atoms with Gasteiger partial charge in [0.05, 0.1) is 10.5 Å². The van der Waals surface area contributed by atoms with Crippen LogP contribution in [0.1, 0.15) is 30.0 Å². The maximum Gasteiger partial charge on any atom is 0.336 e. The number of carboxylic acid groups (broad SMARTS) is 1. The summed E-state index contributed by atoms with van der Waals surface area (Å²) in [6.45, 7) is 4.95. The van der Waals surface area contributed by atoms with E-state index in [0.29, 0.717) is 45.3 Å². The summed E-state index contributed by atoms with van der Waals surface area (Å²) >= 11 is 7.19. The number of benzene rings is 1. The fourth-order valence-corrected chi connectivity index (χ4v) is 3.91. The number of halogens is 1. The number of carbonyl (C=O) groups excluding carboxylic acids is 1. The lowest BCUT2D eigenvalue weighted by Crippen LogP contribution is -2.28. The number of amides is 1. The van der Waals surface area contributed by atoms with Crippen molar-refractivity contribution in [2.24, 2.45) is 4.99 Å². The Morgan fingerprint density at radius 3 is 2.78 bits per heavy atom. The third-order valence-corrected chi connectivity index (χ3v) is 5.15. The summed E-state index contributed by atoms with van der Waals surface area (Å²) < 4.78 is 5.77. The predicted octanol–water partition coefficient (Wildman–Crippen LogP) is 4.61. The molecule has 0 aliphatic carbocycles. The number of amidine groups is 1. The van der Waals surface area contributed by atoms with Gasteiger partial charge in [0.15, 0.2) is 5.17 Å². The highest BCUT2D eigenvalue weighted by Gasteiger charge is 2.32. The average Bonchev–Trinajstić information content (AvgIpc) is 3.20. The zero-order chi connectivity index (χ0) is 19.6. The van der Waals surface area contributed by atoms with Crippen molar-refractivity contribution in [3.8, 4) is 11.3 Å². The third-order valence-electron chi connectivity index (χ3n) is 3.88. The number of rotatable bonds is 5. The van der Waals surface area contributed by atoms with E-state index in [4.69, 9.17) is 16.0 Å². The van der Waals surface area contributed by atoms with Crippen LogP contribution in [0.4, 0.5) is 0 Å². The summed E-state index contributed by atoms with van der Waals surface area (Å²) in [4.78, 5) is 30.4. The van der Waals surface area contributed by atoms with Crippen molar-refractivity contribution in [1.82, 2.24) is 4.90 Å². The third kappa shape index (κ3) is 3.94. The molecule has 1 saturated heterocycles. The van der Waals surface area contributed by atoms with E-state index in [2.05, 4.69) is 4.99 Å². The minimum absolute atomic E-state index is 0.0527. The normalized spacial score (nSPS) is 17.3. The van der Waals surface area contributed by atoms with Crippen molar-refractivity contribution in [2.75, 3.05) is 13.1 Å². The van der Waals surface area contributed by atoms with E-state index in [1.165, 1.54) is 17.8 Å². The first kappa shape index (κ1) is 19.3. The number of hydrogen-bond donors (Lipinski definition) is 1. The number of aromatic carboxylic acids is 1. The van der Waals surface area contributed by atoms with Crippen LogP contribution in [0.3, 0.4) is 0 Å². The molecule has 1 amide bonds. The molecule has 1 fully saturated rings. The molecule has 2 heterocycles. The fourth-order valence-electron chi connectivity index (χ4n) is 2.65. The molecule has 0 atom stereocenters. The molecular weight excluding hydrogens is 388 g/mol. The largest absolute Gasteiger partial charge is 0.478 e. The van der Waals surface area contributed by atoms with E-state index >= 15 is 0 Å². The number of thioether (sulfide) groups is 1. The topological polar surface area (TPSA) is 83.1 Å². The van der Waals surface area contributed by atoms with Crippen LogP contribution in [0.2, 0.25) is 5.02 Å². The number of hydrogen-bond acceptors (Lipinski definition) is 5. The highest BCUT2D eigenvalue weighted by Crippen LogP contribution is 2.34. The molecule has 0 bridgehead atoms. The molecule has 1 N–H and O–H groups in total. The van der Waals surface area contributed by atoms with E-state index in [0.717, 1.165) is 0 Å². The van der Waals surface area contributed by atoms with Crippen LogP contribution in [0.25, 0.3) is 17.4 Å². The average molecular weight is 405 g/mol. The Labute approximate surface area is 165 Å². The molecule has 0 spiro atoms. The second-order valence-corrected chi connectivity index (χ2v) is 7.06. The Morgan fingerprint density at radius 2 is 2.11 bits per heavy atom. The van der Waals surface area contributed by atoms with E-state index in [9.17, 15) is 14.7 Å². The summed E-state index contributed by atoms with van der Waals surface area (Å²) in [6.07, 6.45) is 1.65. The van der Waals surface area contributed by atoms with Crippen molar-refractivity contribution in [3.05, 3.63) is 51.6 Å². The summed E-state index contributed by atoms with van der Waals surface area (Å²) in [7, 11) is 0. The maximum atomic E-state index is 12.5. The minimum Gasteiger partial charge on any atom is -0.478 e. The van der Waals surface area contributed by atoms with Crippen LogP contribution in [-0.4, -0.2) is 40.1 Å². The lowest BCUT2D eigenvalue weighted by molar-refractivity contribution is -0.122. The van der Waals surface area contributed by atoms with Gasteiger partial charge in [-0.1, -0.05) is 11.6 Å². The van der Waals surface area contributed by atoms with Gasteiger partial charge in [-0.05, 0) is 55.9 Å². The van der Waals surface area contributed by atoms with Crippen molar-refractivity contribution >= 4 is 46.5 Å². The van der Waals surface area contributed by atoms with Gasteiger partial charge in [0.1, 0.15) is 11.5 Å². The number of aliphatic imine (C=N–C) groups is 1. The second kappa shape index (κ2) is 8.02. The maximum absolute atomic E-state index is 12.5. The minimum atomic E-state index is -1.09. The number of carbonyl (C=O) groups is 2. The van der Waals surface area contributed by atoms with Gasteiger partial charge in [-0.3, -0.25) is 14.7 Å². The van der Waals surface area contributed by atoms with Gasteiger partial charge < -0.3 is 9.52 Å². The van der Waals surface area contributed by atoms with Gasteiger partial charge in [0, 0.05) is 29.8 Å². The van der Waals surface area contributed by atoms with Crippen LogP contribution in [0.15, 0.2) is 44.6 Å². The lowest BCUT2D eigenvalue weighted by Gasteiger charge is -2.11. The molecule has 8 heteroatoms. The zero-order valence-corrected chi connectivity index (χ0v) is 16.3. The number of furan rings is 1. The van der Waals surface area contributed by atoms with Gasteiger partial charge in [-0.25, -0.2) is 4.79 Å². The summed E-state index contributed by atoms with van der Waals surface area (Å²) in [5.41, 5.74) is 0.474. The summed E-state index contributed by atoms with van der Waals surface area (Å²) in [6, 6.07) is 7.95. The fraction of sp³-hybridized carbons (Fsp3) is 0.211. The molecular formula is C19H17ClN2O4S. The van der Waals surface area contributed by atoms with Crippen LogP contribution in [-0.2, 0) is 4.79 Å². The first-order valence-corrected chi connectivity index (χ1v) is 9.53. The van der Waals surface area contributed by atoms with Gasteiger partial charge >= 0.3 is 5.97 Å². The molecule has 1 aromatic carbocycles. The first-order valence-electron chi connectivity index (χ1n) is 8.33. The Kier molecular flexibility index (Phi) is 5.72. The van der Waals surface area contributed by atoms with Crippen LogP contribution >= 0.6 is 23.4 Å². The smallest absolute Gasteiger partial charge is 0.336 e. The molecule has 3 rings (SSSR count). The van der Waals surface area contributed by atoms with Crippen LogP contribution in [0.5, 0.6) is 0 Å². The highest BCUT2D eigenvalue weighted by molar-refractivity contribution is 8.18. The predicted molar refractivity (Wildman–Crippen MR) is 107 cm³/mol. The highest BCUT2D eigenvalue weighted by atomic mass is 35.5. The van der Waals surface area contributed by atoms with Gasteiger partial charge in [-0.15, -0.1) is 0 Å². The molecule has 6 nitrogen and oxygen atoms in total. The SMILES string of the molecule is CCN=C1S/C(=C/c2ccc(-c3ccc(Cl)cc3C(=O)O)o2)C(=O)N1CC. The van der Waals surface area contributed by atoms with Crippen molar-refractivity contribution in [3.63, 3.8) is 0 Å². The van der Waals surface area contributed by atoms with E-state index in [1.54, 1.807) is 35.2 Å². The number of nitrogens with zero attached hydrogens (tertiary/aromatic N) is 2. The van der Waals surface area contributed by atoms with Crippen LogP contribution in [0, 0.1) is 0 Å². The molecule has 0 saturated carbocycles. The van der Waals surface area contributed by atoms with Crippen molar-refractivity contribution in [2.45, 2.75) is 13.8 Å².